The molecule has 86 valence electrons. The second-order valence-electron chi connectivity index (χ2n) is 5.91. The summed E-state index contributed by atoms with van der Waals surface area (Å²) in [5.74, 6) is 0.994. The molecule has 0 unspecified atom stereocenters. The molecule has 15 heavy (non-hydrogen) atoms. The van der Waals surface area contributed by atoms with Gasteiger partial charge in [-0.25, -0.2) is 0 Å². The Balaban J connectivity index is 1.43. The fourth-order valence-corrected chi connectivity index (χ4v) is 2.88. The monoisotopic (exact) mass is 210 g/mol. The summed E-state index contributed by atoms with van der Waals surface area (Å²) >= 11 is 0. The first-order valence-corrected chi connectivity index (χ1v) is 6.55. The SMILES string of the molecule is CC1(N2CCN(CC3C[NH2+]C3)CC2)CC1. The molecule has 2 heterocycles. The van der Waals surface area contributed by atoms with Gasteiger partial charge in [0, 0.05) is 38.3 Å². The first-order chi connectivity index (χ1) is 7.26. The van der Waals surface area contributed by atoms with Crippen LogP contribution in [0, 0.1) is 5.92 Å². The van der Waals surface area contributed by atoms with Gasteiger partial charge >= 0.3 is 0 Å². The summed E-state index contributed by atoms with van der Waals surface area (Å²) in [6.07, 6.45) is 2.87. The van der Waals surface area contributed by atoms with Crippen LogP contribution in [0.4, 0.5) is 0 Å². The highest BCUT2D eigenvalue weighted by atomic mass is 15.3. The van der Waals surface area contributed by atoms with Crippen molar-refractivity contribution >= 4 is 0 Å². The lowest BCUT2D eigenvalue weighted by Gasteiger charge is -2.40. The number of hydrogen-bond acceptors (Lipinski definition) is 2. The van der Waals surface area contributed by atoms with E-state index in [1.54, 1.807) is 0 Å². The number of rotatable bonds is 3. The van der Waals surface area contributed by atoms with Gasteiger partial charge in [0.1, 0.15) is 0 Å². The molecule has 3 fully saturated rings. The summed E-state index contributed by atoms with van der Waals surface area (Å²) in [7, 11) is 0. The van der Waals surface area contributed by atoms with E-state index < -0.39 is 0 Å². The molecule has 2 N–H and O–H groups in total. The summed E-state index contributed by atoms with van der Waals surface area (Å²) < 4.78 is 0. The first kappa shape index (κ1) is 10.1. The number of nitrogens with zero attached hydrogens (tertiary/aromatic N) is 2. The first-order valence-electron chi connectivity index (χ1n) is 6.55. The van der Waals surface area contributed by atoms with Crippen molar-refractivity contribution in [1.29, 1.82) is 0 Å². The van der Waals surface area contributed by atoms with E-state index in [9.17, 15) is 0 Å². The van der Waals surface area contributed by atoms with Gasteiger partial charge in [-0.2, -0.15) is 0 Å². The summed E-state index contributed by atoms with van der Waals surface area (Å²) in [4.78, 5) is 5.40. The normalized spacial score (nSPS) is 32.6. The number of piperazine rings is 1. The van der Waals surface area contributed by atoms with E-state index in [4.69, 9.17) is 0 Å². The summed E-state index contributed by atoms with van der Waals surface area (Å²) in [5.41, 5.74) is 0.607. The van der Waals surface area contributed by atoms with Crippen LogP contribution in [0.25, 0.3) is 0 Å². The zero-order chi connectivity index (χ0) is 10.3. The van der Waals surface area contributed by atoms with Crippen molar-refractivity contribution in [2.24, 2.45) is 5.92 Å². The van der Waals surface area contributed by atoms with Crippen LogP contribution in [-0.4, -0.2) is 61.2 Å². The topological polar surface area (TPSA) is 23.1 Å². The second-order valence-corrected chi connectivity index (χ2v) is 5.91. The maximum Gasteiger partial charge on any atom is 0.0851 e. The van der Waals surface area contributed by atoms with Gasteiger partial charge in [-0.1, -0.05) is 0 Å². The second kappa shape index (κ2) is 3.72. The Morgan fingerprint density at radius 3 is 2.27 bits per heavy atom. The lowest BCUT2D eigenvalue weighted by molar-refractivity contribution is -0.722. The van der Waals surface area contributed by atoms with Gasteiger partial charge in [-0.3, -0.25) is 4.90 Å². The molecule has 2 aliphatic heterocycles. The number of nitrogens with two attached hydrogens (primary N) is 1. The molecule has 2 saturated heterocycles. The third-order valence-corrected chi connectivity index (χ3v) is 4.63. The van der Waals surface area contributed by atoms with E-state index in [0.29, 0.717) is 5.54 Å². The maximum absolute atomic E-state index is 2.72. The minimum Gasteiger partial charge on any atom is -0.345 e. The molecule has 0 aromatic carbocycles. The standard InChI is InChI=1S/C12H23N3/c1-12(2-3-12)15-6-4-14(5-7-15)10-11-8-13-9-11/h11,13H,2-10H2,1H3/p+1. The predicted molar refractivity (Wildman–Crippen MR) is 60.8 cm³/mol. The smallest absolute Gasteiger partial charge is 0.0851 e. The van der Waals surface area contributed by atoms with Crippen molar-refractivity contribution in [3.05, 3.63) is 0 Å². The van der Waals surface area contributed by atoms with Crippen LogP contribution in [0.3, 0.4) is 0 Å². The Morgan fingerprint density at radius 1 is 1.13 bits per heavy atom. The predicted octanol–water partition coefficient (Wildman–Crippen LogP) is -0.650. The third-order valence-electron chi connectivity index (χ3n) is 4.63. The van der Waals surface area contributed by atoms with E-state index in [1.165, 1.54) is 58.7 Å². The highest BCUT2D eigenvalue weighted by Gasteiger charge is 2.44. The maximum atomic E-state index is 2.72. The molecule has 0 amide bonds. The van der Waals surface area contributed by atoms with Crippen molar-refractivity contribution in [1.82, 2.24) is 9.80 Å². The molecule has 3 aliphatic rings. The van der Waals surface area contributed by atoms with Crippen LogP contribution in [0.2, 0.25) is 0 Å². The highest BCUT2D eigenvalue weighted by Crippen LogP contribution is 2.41. The van der Waals surface area contributed by atoms with Gasteiger partial charge in [0.25, 0.3) is 0 Å². The molecule has 3 heteroatoms. The third kappa shape index (κ3) is 2.05. The minimum absolute atomic E-state index is 0.607. The van der Waals surface area contributed by atoms with E-state index in [0.717, 1.165) is 5.92 Å². The van der Waals surface area contributed by atoms with Gasteiger partial charge < -0.3 is 10.2 Å². The Morgan fingerprint density at radius 2 is 1.80 bits per heavy atom. The van der Waals surface area contributed by atoms with Gasteiger partial charge in [-0.15, -0.1) is 0 Å². The molecule has 1 aliphatic carbocycles. The van der Waals surface area contributed by atoms with Gasteiger partial charge in [0.15, 0.2) is 0 Å². The van der Waals surface area contributed by atoms with Crippen LogP contribution in [0.5, 0.6) is 0 Å². The quantitative estimate of drug-likeness (QED) is 0.669. The largest absolute Gasteiger partial charge is 0.345 e. The fraction of sp³-hybridized carbons (Fsp3) is 1.00. The molecule has 0 aromatic heterocycles. The number of hydrogen-bond donors (Lipinski definition) is 1. The van der Waals surface area contributed by atoms with E-state index in [1.807, 2.05) is 0 Å². The Bertz CT molecular complexity index is 225. The fourth-order valence-electron chi connectivity index (χ4n) is 2.88. The van der Waals surface area contributed by atoms with E-state index in [2.05, 4.69) is 22.0 Å². The van der Waals surface area contributed by atoms with Crippen molar-refractivity contribution in [3.8, 4) is 0 Å². The molecular formula is C12H24N3+. The van der Waals surface area contributed by atoms with Crippen molar-refractivity contribution in [2.45, 2.75) is 25.3 Å². The summed E-state index contributed by atoms with van der Waals surface area (Å²) in [5, 5.41) is 2.42. The zero-order valence-electron chi connectivity index (χ0n) is 9.91. The van der Waals surface area contributed by atoms with E-state index in [-0.39, 0.29) is 0 Å². The van der Waals surface area contributed by atoms with Crippen LogP contribution < -0.4 is 5.32 Å². The summed E-state index contributed by atoms with van der Waals surface area (Å²) in [6, 6.07) is 0. The van der Waals surface area contributed by atoms with Crippen LogP contribution in [-0.2, 0) is 0 Å². The van der Waals surface area contributed by atoms with Gasteiger partial charge in [0.2, 0.25) is 0 Å². The van der Waals surface area contributed by atoms with Crippen molar-refractivity contribution in [3.63, 3.8) is 0 Å². The van der Waals surface area contributed by atoms with Crippen LogP contribution in [0.15, 0.2) is 0 Å². The Kier molecular flexibility index (Phi) is 2.49. The molecule has 0 atom stereocenters. The van der Waals surface area contributed by atoms with Crippen molar-refractivity contribution < 1.29 is 5.32 Å². The molecule has 0 spiro atoms. The number of quaternary nitrogens is 1. The lowest BCUT2D eigenvalue weighted by atomic mass is 10.0. The molecular weight excluding hydrogens is 186 g/mol. The van der Waals surface area contributed by atoms with Gasteiger partial charge in [0.05, 0.1) is 19.0 Å². The zero-order valence-corrected chi connectivity index (χ0v) is 9.91. The Labute approximate surface area is 92.8 Å². The van der Waals surface area contributed by atoms with E-state index >= 15 is 0 Å². The molecule has 3 nitrogen and oxygen atoms in total. The minimum atomic E-state index is 0.607. The van der Waals surface area contributed by atoms with Crippen LogP contribution >= 0.6 is 0 Å². The molecule has 0 bridgehead atoms. The molecule has 0 aromatic rings. The van der Waals surface area contributed by atoms with Crippen molar-refractivity contribution in [2.75, 3.05) is 45.8 Å². The molecule has 1 saturated carbocycles. The molecule has 3 rings (SSSR count). The van der Waals surface area contributed by atoms with Crippen LogP contribution in [0.1, 0.15) is 19.8 Å². The Hall–Kier alpha value is -0.120. The van der Waals surface area contributed by atoms with Gasteiger partial charge in [-0.05, 0) is 19.8 Å². The molecule has 0 radical (unpaired) electrons. The average molecular weight is 210 g/mol. The highest BCUT2D eigenvalue weighted by molar-refractivity contribution is 5.01. The lowest BCUT2D eigenvalue weighted by Crippen LogP contribution is -2.97. The summed E-state index contributed by atoms with van der Waals surface area (Å²) in [6.45, 7) is 11.8. The average Bonchev–Trinajstić information content (AvgIpc) is 2.93.